The molecule has 1 atom stereocenters. The minimum Gasteiger partial charge on any atom is -0.325 e. The molecule has 0 spiro atoms. The molecule has 3 nitrogen and oxygen atoms in total. The predicted octanol–water partition coefficient (Wildman–Crippen LogP) is 3.52. The average molecular weight is 286 g/mol. The molecule has 3 rings (SSSR count). The van der Waals surface area contributed by atoms with Crippen molar-refractivity contribution in [3.63, 3.8) is 0 Å². The Bertz CT molecular complexity index is 553. The quantitative estimate of drug-likeness (QED) is 0.932. The maximum Gasteiger partial charge on any atom is 0.238 e. The number of amides is 1. The SMILES string of the molecule is O=C(CN1CCCC1c1cccs1)Nc1ccccc1. The van der Waals surface area contributed by atoms with Crippen molar-refractivity contribution in [3.8, 4) is 0 Å². The van der Waals surface area contributed by atoms with Gasteiger partial charge in [-0.05, 0) is 43.0 Å². The lowest BCUT2D eigenvalue weighted by Gasteiger charge is -2.22. The summed E-state index contributed by atoms with van der Waals surface area (Å²) in [6.07, 6.45) is 2.32. The topological polar surface area (TPSA) is 32.3 Å². The molecular weight excluding hydrogens is 268 g/mol. The van der Waals surface area contributed by atoms with Crippen LogP contribution in [-0.4, -0.2) is 23.9 Å². The van der Waals surface area contributed by atoms with Crippen LogP contribution in [0.3, 0.4) is 0 Å². The van der Waals surface area contributed by atoms with Crippen molar-refractivity contribution in [2.45, 2.75) is 18.9 Å². The van der Waals surface area contributed by atoms with Gasteiger partial charge in [-0.25, -0.2) is 0 Å². The highest BCUT2D eigenvalue weighted by molar-refractivity contribution is 7.10. The molecular formula is C16H18N2OS. The molecule has 0 aliphatic carbocycles. The molecule has 0 bridgehead atoms. The van der Waals surface area contributed by atoms with E-state index in [1.54, 1.807) is 11.3 Å². The van der Waals surface area contributed by atoms with Gasteiger partial charge in [0.15, 0.2) is 0 Å². The molecule has 1 aliphatic heterocycles. The van der Waals surface area contributed by atoms with E-state index in [1.807, 2.05) is 30.3 Å². The lowest BCUT2D eigenvalue weighted by Crippen LogP contribution is -2.32. The number of benzene rings is 1. The van der Waals surface area contributed by atoms with E-state index in [0.29, 0.717) is 12.6 Å². The summed E-state index contributed by atoms with van der Waals surface area (Å²) in [5.41, 5.74) is 0.865. The van der Waals surface area contributed by atoms with Gasteiger partial charge >= 0.3 is 0 Å². The first kappa shape index (κ1) is 13.3. The number of anilines is 1. The molecule has 1 unspecified atom stereocenters. The normalized spacial score (nSPS) is 19.1. The number of carbonyl (C=O) groups is 1. The summed E-state index contributed by atoms with van der Waals surface area (Å²) in [5, 5.41) is 5.06. The molecule has 20 heavy (non-hydrogen) atoms. The first-order chi connectivity index (χ1) is 9.83. The number of nitrogens with zero attached hydrogens (tertiary/aromatic N) is 1. The summed E-state index contributed by atoms with van der Waals surface area (Å²) < 4.78 is 0. The van der Waals surface area contributed by atoms with Gasteiger partial charge in [-0.15, -0.1) is 11.3 Å². The molecule has 1 fully saturated rings. The Labute approximate surface area is 123 Å². The molecule has 2 aromatic rings. The van der Waals surface area contributed by atoms with Crippen LogP contribution in [0.25, 0.3) is 0 Å². The van der Waals surface area contributed by atoms with Crippen LogP contribution in [0.4, 0.5) is 5.69 Å². The van der Waals surface area contributed by atoms with Gasteiger partial charge in [0.1, 0.15) is 0 Å². The van der Waals surface area contributed by atoms with Gasteiger partial charge in [0.2, 0.25) is 5.91 Å². The van der Waals surface area contributed by atoms with Gasteiger partial charge in [0, 0.05) is 16.6 Å². The van der Waals surface area contributed by atoms with E-state index in [2.05, 4.69) is 27.7 Å². The van der Waals surface area contributed by atoms with Gasteiger partial charge in [-0.3, -0.25) is 9.69 Å². The summed E-state index contributed by atoms with van der Waals surface area (Å²) in [7, 11) is 0. The van der Waals surface area contributed by atoms with E-state index < -0.39 is 0 Å². The number of para-hydroxylation sites is 1. The molecule has 2 heterocycles. The third-order valence-electron chi connectivity index (χ3n) is 3.64. The van der Waals surface area contributed by atoms with Gasteiger partial charge in [0.25, 0.3) is 0 Å². The minimum absolute atomic E-state index is 0.0691. The fourth-order valence-corrected chi connectivity index (χ4v) is 3.62. The summed E-state index contributed by atoms with van der Waals surface area (Å²) in [4.78, 5) is 15.8. The number of nitrogens with one attached hydrogen (secondary N) is 1. The predicted molar refractivity (Wildman–Crippen MR) is 82.9 cm³/mol. The molecule has 0 radical (unpaired) electrons. The highest BCUT2D eigenvalue weighted by atomic mass is 32.1. The standard InChI is InChI=1S/C16H18N2OS/c19-16(17-13-6-2-1-3-7-13)12-18-10-4-8-14(18)15-9-5-11-20-15/h1-3,5-7,9,11,14H,4,8,10,12H2,(H,17,19). The van der Waals surface area contributed by atoms with Crippen molar-refractivity contribution in [1.82, 2.24) is 4.90 Å². The van der Waals surface area contributed by atoms with E-state index in [-0.39, 0.29) is 5.91 Å². The number of thiophene rings is 1. The molecule has 1 amide bonds. The van der Waals surface area contributed by atoms with E-state index in [1.165, 1.54) is 11.3 Å². The van der Waals surface area contributed by atoms with Crippen LogP contribution < -0.4 is 5.32 Å². The monoisotopic (exact) mass is 286 g/mol. The molecule has 1 saturated heterocycles. The highest BCUT2D eigenvalue weighted by Crippen LogP contribution is 2.34. The van der Waals surface area contributed by atoms with Gasteiger partial charge < -0.3 is 5.32 Å². The van der Waals surface area contributed by atoms with Crippen LogP contribution in [0.5, 0.6) is 0 Å². The molecule has 1 aliphatic rings. The second-order valence-corrected chi connectivity index (χ2v) is 6.04. The second kappa shape index (κ2) is 6.20. The van der Waals surface area contributed by atoms with Gasteiger partial charge in [-0.2, -0.15) is 0 Å². The zero-order chi connectivity index (χ0) is 13.8. The first-order valence-electron chi connectivity index (χ1n) is 6.95. The maximum absolute atomic E-state index is 12.1. The van der Waals surface area contributed by atoms with Crippen molar-refractivity contribution in [2.24, 2.45) is 0 Å². The van der Waals surface area contributed by atoms with Crippen LogP contribution in [-0.2, 0) is 4.79 Å². The largest absolute Gasteiger partial charge is 0.325 e. The minimum atomic E-state index is 0.0691. The van der Waals surface area contributed by atoms with Crippen molar-refractivity contribution >= 4 is 22.9 Å². The Kier molecular flexibility index (Phi) is 4.14. The fraction of sp³-hybridized carbons (Fsp3) is 0.312. The first-order valence-corrected chi connectivity index (χ1v) is 7.83. The van der Waals surface area contributed by atoms with E-state index in [0.717, 1.165) is 18.7 Å². The average Bonchev–Trinajstić information content (AvgIpc) is 3.10. The zero-order valence-electron chi connectivity index (χ0n) is 11.3. The number of rotatable bonds is 4. The van der Waals surface area contributed by atoms with Crippen molar-refractivity contribution in [2.75, 3.05) is 18.4 Å². The van der Waals surface area contributed by atoms with Gasteiger partial charge in [0.05, 0.1) is 6.54 Å². The summed E-state index contributed by atoms with van der Waals surface area (Å²) in [6, 6.07) is 14.3. The van der Waals surface area contributed by atoms with Crippen LogP contribution in [0.2, 0.25) is 0 Å². The molecule has 1 N–H and O–H groups in total. The Morgan fingerprint density at radius 1 is 1.25 bits per heavy atom. The number of hydrogen-bond acceptors (Lipinski definition) is 3. The van der Waals surface area contributed by atoms with Crippen molar-refractivity contribution in [1.29, 1.82) is 0 Å². The molecule has 1 aromatic carbocycles. The molecule has 1 aromatic heterocycles. The maximum atomic E-state index is 12.1. The van der Waals surface area contributed by atoms with E-state index in [9.17, 15) is 4.79 Å². The molecule has 4 heteroatoms. The molecule has 104 valence electrons. The zero-order valence-corrected chi connectivity index (χ0v) is 12.1. The Morgan fingerprint density at radius 3 is 2.85 bits per heavy atom. The Morgan fingerprint density at radius 2 is 2.10 bits per heavy atom. The second-order valence-electron chi connectivity index (χ2n) is 5.06. The van der Waals surface area contributed by atoms with E-state index in [4.69, 9.17) is 0 Å². The summed E-state index contributed by atoms with van der Waals surface area (Å²) >= 11 is 1.78. The highest BCUT2D eigenvalue weighted by Gasteiger charge is 2.28. The number of carbonyl (C=O) groups excluding carboxylic acids is 1. The number of likely N-dealkylation sites (tertiary alicyclic amines) is 1. The lowest BCUT2D eigenvalue weighted by molar-refractivity contribution is -0.117. The van der Waals surface area contributed by atoms with Crippen molar-refractivity contribution in [3.05, 3.63) is 52.7 Å². The Hall–Kier alpha value is -1.65. The number of hydrogen-bond donors (Lipinski definition) is 1. The van der Waals surface area contributed by atoms with Crippen LogP contribution in [0, 0.1) is 0 Å². The third-order valence-corrected chi connectivity index (χ3v) is 4.61. The lowest BCUT2D eigenvalue weighted by atomic mass is 10.2. The fourth-order valence-electron chi connectivity index (χ4n) is 2.72. The van der Waals surface area contributed by atoms with Crippen LogP contribution >= 0.6 is 11.3 Å². The van der Waals surface area contributed by atoms with Crippen molar-refractivity contribution < 1.29 is 4.79 Å². The Balaban J connectivity index is 1.61. The summed E-state index contributed by atoms with van der Waals surface area (Å²) in [6.45, 7) is 1.47. The third kappa shape index (κ3) is 3.08. The molecule has 0 saturated carbocycles. The summed E-state index contributed by atoms with van der Waals surface area (Å²) in [5.74, 6) is 0.0691. The smallest absolute Gasteiger partial charge is 0.238 e. The van der Waals surface area contributed by atoms with E-state index >= 15 is 0 Å². The van der Waals surface area contributed by atoms with Crippen LogP contribution in [0.1, 0.15) is 23.8 Å². The van der Waals surface area contributed by atoms with Gasteiger partial charge in [-0.1, -0.05) is 24.3 Å². The van der Waals surface area contributed by atoms with Crippen LogP contribution in [0.15, 0.2) is 47.8 Å².